The molecule has 1 aromatic carbocycles. The van der Waals surface area contributed by atoms with E-state index >= 15 is 0 Å². The van der Waals surface area contributed by atoms with Crippen LogP contribution < -0.4 is 4.74 Å². The van der Waals surface area contributed by atoms with Gasteiger partial charge in [-0.3, -0.25) is 0 Å². The Morgan fingerprint density at radius 2 is 1.94 bits per heavy atom. The quantitative estimate of drug-likeness (QED) is 0.855. The van der Waals surface area contributed by atoms with E-state index in [1.807, 2.05) is 31.2 Å². The van der Waals surface area contributed by atoms with Gasteiger partial charge in [-0.15, -0.1) is 0 Å². The van der Waals surface area contributed by atoms with E-state index in [0.29, 0.717) is 4.64 Å². The van der Waals surface area contributed by atoms with Crippen LogP contribution in [-0.4, -0.2) is 17.1 Å². The lowest BCUT2D eigenvalue weighted by molar-refractivity contribution is 0.415. The molecule has 3 nitrogen and oxygen atoms in total. The summed E-state index contributed by atoms with van der Waals surface area (Å²) in [6.07, 6.45) is 0.918. The number of nitrogens with one attached hydrogen (secondary N) is 1. The molecule has 0 saturated heterocycles. The van der Waals surface area contributed by atoms with Crippen molar-refractivity contribution in [1.82, 2.24) is 9.97 Å². The molecule has 4 heteroatoms. The summed E-state index contributed by atoms with van der Waals surface area (Å²) in [5.41, 5.74) is 3.21. The fourth-order valence-corrected chi connectivity index (χ4v) is 2.03. The number of hydrogen-bond donors (Lipinski definition) is 1. The van der Waals surface area contributed by atoms with Gasteiger partial charge in [0.1, 0.15) is 16.2 Å². The third-order valence-corrected chi connectivity index (χ3v) is 3.37. The lowest BCUT2D eigenvalue weighted by atomic mass is 10.1. The molecule has 0 fully saturated rings. The highest BCUT2D eigenvalue weighted by molar-refractivity contribution is 7.71. The van der Waals surface area contributed by atoms with Crippen LogP contribution in [0.4, 0.5) is 0 Å². The Balaban J connectivity index is 2.50. The molecule has 0 aliphatic rings. The van der Waals surface area contributed by atoms with Gasteiger partial charge < -0.3 is 9.72 Å². The lowest BCUT2D eigenvalue weighted by Crippen LogP contribution is -1.99. The summed E-state index contributed by atoms with van der Waals surface area (Å²) in [4.78, 5) is 7.76. The van der Waals surface area contributed by atoms with Crippen molar-refractivity contribution in [2.75, 3.05) is 7.11 Å². The molecule has 94 valence electrons. The Hall–Kier alpha value is -1.68. The van der Waals surface area contributed by atoms with Gasteiger partial charge in [-0.25, -0.2) is 4.98 Å². The molecule has 0 spiro atoms. The molecule has 1 N–H and O–H groups in total. The first kappa shape index (κ1) is 12.8. The Morgan fingerprint density at radius 1 is 1.28 bits per heavy atom. The molecule has 0 amide bonds. The summed E-state index contributed by atoms with van der Waals surface area (Å²) >= 11 is 5.29. The fraction of sp³-hybridized carbons (Fsp3) is 0.286. The highest BCUT2D eigenvalue weighted by Gasteiger charge is 2.05. The molecule has 18 heavy (non-hydrogen) atoms. The van der Waals surface area contributed by atoms with Crippen LogP contribution in [0.15, 0.2) is 24.3 Å². The first-order chi connectivity index (χ1) is 8.65. The maximum absolute atomic E-state index is 5.29. The van der Waals surface area contributed by atoms with Crippen LogP contribution in [0, 0.1) is 11.6 Å². The van der Waals surface area contributed by atoms with Gasteiger partial charge in [0, 0.05) is 16.8 Å². The highest BCUT2D eigenvalue weighted by atomic mass is 32.1. The second kappa shape index (κ2) is 5.31. The van der Waals surface area contributed by atoms with Crippen molar-refractivity contribution >= 4 is 12.2 Å². The number of nitrogens with zero attached hydrogens (tertiary/aromatic N) is 1. The monoisotopic (exact) mass is 260 g/mol. The molecule has 0 atom stereocenters. The fourth-order valence-electron chi connectivity index (χ4n) is 1.82. The zero-order valence-electron chi connectivity index (χ0n) is 10.8. The Morgan fingerprint density at radius 3 is 2.50 bits per heavy atom. The predicted octanol–water partition coefficient (Wildman–Crippen LogP) is 3.69. The average Bonchev–Trinajstić information content (AvgIpc) is 2.42. The number of methoxy groups -OCH3 is 1. The van der Waals surface area contributed by atoms with E-state index in [4.69, 9.17) is 17.0 Å². The van der Waals surface area contributed by atoms with Crippen molar-refractivity contribution in [1.29, 1.82) is 0 Å². The Kier molecular flexibility index (Phi) is 3.77. The smallest absolute Gasteiger partial charge is 0.139 e. The van der Waals surface area contributed by atoms with Gasteiger partial charge in [-0.2, -0.15) is 0 Å². The van der Waals surface area contributed by atoms with Gasteiger partial charge >= 0.3 is 0 Å². The minimum absolute atomic E-state index is 0.663. The van der Waals surface area contributed by atoms with Crippen LogP contribution in [0.3, 0.4) is 0 Å². The van der Waals surface area contributed by atoms with Crippen LogP contribution in [0.1, 0.15) is 18.2 Å². The molecule has 0 radical (unpaired) electrons. The van der Waals surface area contributed by atoms with E-state index in [1.165, 1.54) is 0 Å². The minimum Gasteiger partial charge on any atom is -0.497 e. The van der Waals surface area contributed by atoms with Crippen LogP contribution in [-0.2, 0) is 6.42 Å². The third-order valence-electron chi connectivity index (χ3n) is 2.97. The van der Waals surface area contributed by atoms with Crippen LogP contribution >= 0.6 is 12.2 Å². The number of benzene rings is 1. The molecular weight excluding hydrogens is 244 g/mol. The molecule has 1 heterocycles. The number of rotatable bonds is 3. The zero-order chi connectivity index (χ0) is 13.1. The van der Waals surface area contributed by atoms with Crippen molar-refractivity contribution in [3.05, 3.63) is 40.2 Å². The van der Waals surface area contributed by atoms with Crippen LogP contribution in [0.25, 0.3) is 11.4 Å². The number of aromatic nitrogens is 2. The van der Waals surface area contributed by atoms with Crippen molar-refractivity contribution in [2.45, 2.75) is 20.3 Å². The van der Waals surface area contributed by atoms with E-state index in [9.17, 15) is 0 Å². The van der Waals surface area contributed by atoms with Gasteiger partial charge in [-0.05, 0) is 37.6 Å². The number of aromatic amines is 1. The van der Waals surface area contributed by atoms with E-state index in [0.717, 1.165) is 34.8 Å². The lowest BCUT2D eigenvalue weighted by Gasteiger charge is -2.08. The molecule has 0 aliphatic heterocycles. The standard InChI is InChI=1S/C14H16N2OS/c1-4-12-9(2)14(18)16-13(15-12)10-5-7-11(17-3)8-6-10/h5-8H,4H2,1-3H3,(H,15,16,18). The second-order valence-electron chi connectivity index (χ2n) is 4.08. The summed E-state index contributed by atoms with van der Waals surface area (Å²) in [6, 6.07) is 7.78. The number of hydrogen-bond acceptors (Lipinski definition) is 3. The summed E-state index contributed by atoms with van der Waals surface area (Å²) in [5.74, 6) is 1.64. The van der Waals surface area contributed by atoms with Crippen molar-refractivity contribution < 1.29 is 4.74 Å². The summed E-state index contributed by atoms with van der Waals surface area (Å²) in [5, 5.41) is 0. The van der Waals surface area contributed by atoms with Gasteiger partial charge in [0.2, 0.25) is 0 Å². The van der Waals surface area contributed by atoms with Crippen molar-refractivity contribution in [3.63, 3.8) is 0 Å². The van der Waals surface area contributed by atoms with Crippen LogP contribution in [0.2, 0.25) is 0 Å². The molecule has 2 rings (SSSR count). The molecule has 0 bridgehead atoms. The largest absolute Gasteiger partial charge is 0.497 e. The molecule has 2 aromatic rings. The summed E-state index contributed by atoms with van der Waals surface area (Å²) < 4.78 is 5.80. The highest BCUT2D eigenvalue weighted by Crippen LogP contribution is 2.20. The second-order valence-corrected chi connectivity index (χ2v) is 4.46. The van der Waals surface area contributed by atoms with Crippen molar-refractivity contribution in [3.8, 4) is 17.1 Å². The minimum atomic E-state index is 0.663. The molecule has 0 saturated carbocycles. The number of aryl methyl sites for hydroxylation is 1. The third kappa shape index (κ3) is 2.43. The van der Waals surface area contributed by atoms with E-state index in [1.54, 1.807) is 7.11 Å². The normalized spacial score (nSPS) is 10.4. The van der Waals surface area contributed by atoms with Crippen molar-refractivity contribution in [2.24, 2.45) is 0 Å². The molecule has 1 aromatic heterocycles. The molecule has 0 aliphatic carbocycles. The number of ether oxygens (including phenoxy) is 1. The average molecular weight is 260 g/mol. The topological polar surface area (TPSA) is 37.9 Å². The van der Waals surface area contributed by atoms with Crippen LogP contribution in [0.5, 0.6) is 5.75 Å². The zero-order valence-corrected chi connectivity index (χ0v) is 11.6. The van der Waals surface area contributed by atoms with E-state index < -0.39 is 0 Å². The van der Waals surface area contributed by atoms with E-state index in [2.05, 4.69) is 16.9 Å². The Labute approximate surface area is 112 Å². The summed E-state index contributed by atoms with van der Waals surface area (Å²) in [7, 11) is 1.65. The molecule has 0 unspecified atom stereocenters. The predicted molar refractivity (Wildman–Crippen MR) is 75.5 cm³/mol. The maximum Gasteiger partial charge on any atom is 0.139 e. The Bertz CT molecular complexity index is 602. The van der Waals surface area contributed by atoms with Gasteiger partial charge in [0.05, 0.1) is 7.11 Å². The first-order valence-corrected chi connectivity index (χ1v) is 6.30. The SMILES string of the molecule is CCc1[nH]c(-c2ccc(OC)cc2)nc(=S)c1C. The first-order valence-electron chi connectivity index (χ1n) is 5.90. The summed E-state index contributed by atoms with van der Waals surface area (Å²) in [6.45, 7) is 4.11. The maximum atomic E-state index is 5.29. The van der Waals surface area contributed by atoms with Gasteiger partial charge in [0.15, 0.2) is 0 Å². The van der Waals surface area contributed by atoms with E-state index in [-0.39, 0.29) is 0 Å². The number of H-pyrrole nitrogens is 1. The van der Waals surface area contributed by atoms with Gasteiger partial charge in [0.25, 0.3) is 0 Å². The molecular formula is C14H16N2OS. The van der Waals surface area contributed by atoms with Gasteiger partial charge in [-0.1, -0.05) is 19.1 Å².